The maximum absolute atomic E-state index is 12.2. The number of aryl methyl sites for hydroxylation is 2. The topological polar surface area (TPSA) is 105 Å². The molecule has 8 nitrogen and oxygen atoms in total. The molecule has 0 saturated carbocycles. The third-order valence-electron chi connectivity index (χ3n) is 4.72. The molecule has 3 amide bonds. The number of carbonyl (C=O) groups is 3. The van der Waals surface area contributed by atoms with Crippen molar-refractivity contribution in [2.24, 2.45) is 0 Å². The highest BCUT2D eigenvalue weighted by atomic mass is 16.5. The number of carbonyl (C=O) groups excluding carboxylic acids is 3. The van der Waals surface area contributed by atoms with Crippen LogP contribution in [0.15, 0.2) is 47.0 Å². The van der Waals surface area contributed by atoms with E-state index in [1.165, 1.54) is 13.1 Å². The van der Waals surface area contributed by atoms with Crippen molar-refractivity contribution < 1.29 is 18.9 Å². The Kier molecular flexibility index (Phi) is 4.67. The molecule has 2 aromatic carbocycles. The molecule has 1 aromatic heterocycles. The molecule has 0 bridgehead atoms. The number of benzene rings is 2. The minimum Gasteiger partial charge on any atom is -0.339 e. The lowest BCUT2D eigenvalue weighted by Crippen LogP contribution is -2.24. The van der Waals surface area contributed by atoms with Crippen LogP contribution in [0, 0.1) is 6.92 Å². The molecule has 8 heteroatoms. The van der Waals surface area contributed by atoms with Gasteiger partial charge in [-0.1, -0.05) is 35.0 Å². The fraction of sp³-hybridized carbons (Fsp3) is 0.190. The van der Waals surface area contributed by atoms with Gasteiger partial charge in [-0.05, 0) is 25.1 Å². The minimum atomic E-state index is -0.379. The first-order valence-corrected chi connectivity index (χ1v) is 9.08. The predicted octanol–water partition coefficient (Wildman–Crippen LogP) is 2.84. The second-order valence-corrected chi connectivity index (χ2v) is 6.86. The summed E-state index contributed by atoms with van der Waals surface area (Å²) in [7, 11) is 1.43. The van der Waals surface area contributed by atoms with Crippen molar-refractivity contribution in [3.8, 4) is 11.4 Å². The van der Waals surface area contributed by atoms with Gasteiger partial charge >= 0.3 is 0 Å². The number of hydrogen-bond acceptors (Lipinski definition) is 6. The Morgan fingerprint density at radius 3 is 2.55 bits per heavy atom. The van der Waals surface area contributed by atoms with E-state index >= 15 is 0 Å². The Morgan fingerprint density at radius 2 is 1.79 bits per heavy atom. The van der Waals surface area contributed by atoms with E-state index in [4.69, 9.17) is 4.52 Å². The van der Waals surface area contributed by atoms with Crippen LogP contribution in [0.25, 0.3) is 11.4 Å². The van der Waals surface area contributed by atoms with Gasteiger partial charge in [-0.25, -0.2) is 0 Å². The zero-order valence-electron chi connectivity index (χ0n) is 15.9. The lowest BCUT2D eigenvalue weighted by Gasteiger charge is -2.05. The van der Waals surface area contributed by atoms with E-state index in [9.17, 15) is 14.4 Å². The predicted molar refractivity (Wildman–Crippen MR) is 104 cm³/mol. The molecule has 4 rings (SSSR count). The van der Waals surface area contributed by atoms with Crippen LogP contribution < -0.4 is 5.32 Å². The molecule has 0 radical (unpaired) electrons. The van der Waals surface area contributed by atoms with Gasteiger partial charge in [0.05, 0.1) is 11.1 Å². The number of amides is 3. The Labute approximate surface area is 166 Å². The molecule has 0 spiro atoms. The Bertz CT molecular complexity index is 1120. The summed E-state index contributed by atoms with van der Waals surface area (Å²) >= 11 is 0. The molecule has 29 heavy (non-hydrogen) atoms. The summed E-state index contributed by atoms with van der Waals surface area (Å²) in [4.78, 5) is 41.6. The quantitative estimate of drug-likeness (QED) is 0.672. The molecule has 1 aliphatic heterocycles. The number of imide groups is 1. The lowest BCUT2D eigenvalue weighted by molar-refractivity contribution is -0.116. The van der Waals surface area contributed by atoms with Crippen LogP contribution in [0.3, 0.4) is 0 Å². The maximum atomic E-state index is 12.2. The van der Waals surface area contributed by atoms with Crippen molar-refractivity contribution in [2.75, 3.05) is 12.4 Å². The normalized spacial score (nSPS) is 13.0. The van der Waals surface area contributed by atoms with E-state index in [1.54, 1.807) is 12.1 Å². The summed E-state index contributed by atoms with van der Waals surface area (Å²) in [5.41, 5.74) is 3.06. The second-order valence-electron chi connectivity index (χ2n) is 6.86. The highest BCUT2D eigenvalue weighted by Gasteiger charge is 2.32. The summed E-state index contributed by atoms with van der Waals surface area (Å²) in [6, 6.07) is 12.4. The van der Waals surface area contributed by atoms with Crippen LogP contribution >= 0.6 is 0 Å². The third-order valence-corrected chi connectivity index (χ3v) is 4.72. The number of aromatic nitrogens is 2. The van der Waals surface area contributed by atoms with Gasteiger partial charge in [0.25, 0.3) is 11.8 Å². The molecule has 3 aromatic rings. The van der Waals surface area contributed by atoms with Crippen molar-refractivity contribution in [1.29, 1.82) is 0 Å². The van der Waals surface area contributed by atoms with E-state index in [0.717, 1.165) is 16.0 Å². The molecular formula is C21H18N4O4. The number of rotatable bonds is 5. The molecular weight excluding hydrogens is 372 g/mol. The van der Waals surface area contributed by atoms with Gasteiger partial charge in [-0.2, -0.15) is 4.98 Å². The number of nitrogens with zero attached hydrogens (tertiary/aromatic N) is 3. The first kappa shape index (κ1) is 18.5. The van der Waals surface area contributed by atoms with E-state index in [0.29, 0.717) is 23.0 Å². The number of anilines is 1. The maximum Gasteiger partial charge on any atom is 0.261 e. The van der Waals surface area contributed by atoms with Crippen molar-refractivity contribution in [1.82, 2.24) is 15.0 Å². The minimum absolute atomic E-state index is 0.138. The van der Waals surface area contributed by atoms with Crippen LogP contribution in [0.2, 0.25) is 0 Å². The van der Waals surface area contributed by atoms with Gasteiger partial charge in [-0.3, -0.25) is 19.3 Å². The van der Waals surface area contributed by atoms with Crippen molar-refractivity contribution in [3.63, 3.8) is 0 Å². The monoisotopic (exact) mass is 390 g/mol. The largest absolute Gasteiger partial charge is 0.339 e. The van der Waals surface area contributed by atoms with Gasteiger partial charge in [0.2, 0.25) is 17.6 Å². The summed E-state index contributed by atoms with van der Waals surface area (Å²) in [5.74, 6) is -0.136. The van der Waals surface area contributed by atoms with Gasteiger partial charge in [0.15, 0.2) is 0 Å². The van der Waals surface area contributed by atoms with Gasteiger partial charge in [-0.15, -0.1) is 0 Å². The van der Waals surface area contributed by atoms with E-state index < -0.39 is 0 Å². The molecule has 0 atom stereocenters. The van der Waals surface area contributed by atoms with E-state index in [-0.39, 0.29) is 36.1 Å². The molecule has 0 unspecified atom stereocenters. The zero-order chi connectivity index (χ0) is 20.5. The Hall–Kier alpha value is -3.81. The van der Waals surface area contributed by atoms with E-state index in [1.807, 2.05) is 31.2 Å². The highest BCUT2D eigenvalue weighted by Crippen LogP contribution is 2.25. The summed E-state index contributed by atoms with van der Waals surface area (Å²) in [5, 5.41) is 6.67. The van der Waals surface area contributed by atoms with Gasteiger partial charge < -0.3 is 9.84 Å². The van der Waals surface area contributed by atoms with Crippen molar-refractivity contribution in [3.05, 3.63) is 65.0 Å². The van der Waals surface area contributed by atoms with Crippen LogP contribution in [-0.4, -0.2) is 39.8 Å². The van der Waals surface area contributed by atoms with Crippen LogP contribution in [0.4, 0.5) is 5.69 Å². The molecule has 0 aliphatic carbocycles. The van der Waals surface area contributed by atoms with Crippen LogP contribution in [0.5, 0.6) is 0 Å². The summed E-state index contributed by atoms with van der Waals surface area (Å²) in [6.45, 7) is 2.00. The average Bonchev–Trinajstić information content (AvgIpc) is 3.27. The molecule has 1 aliphatic rings. The molecule has 0 saturated heterocycles. The molecule has 0 fully saturated rings. The van der Waals surface area contributed by atoms with Gasteiger partial charge in [0, 0.05) is 31.1 Å². The summed E-state index contributed by atoms with van der Waals surface area (Å²) in [6.07, 6.45) is 0.426. The zero-order valence-corrected chi connectivity index (χ0v) is 15.9. The Balaban J connectivity index is 1.37. The number of fused-ring (bicyclic) bond motifs is 1. The lowest BCUT2D eigenvalue weighted by atomic mass is 10.1. The fourth-order valence-electron chi connectivity index (χ4n) is 3.06. The third kappa shape index (κ3) is 3.64. The number of nitrogens with one attached hydrogen (secondary N) is 1. The van der Waals surface area contributed by atoms with E-state index in [2.05, 4.69) is 15.5 Å². The van der Waals surface area contributed by atoms with Crippen LogP contribution in [-0.2, 0) is 11.2 Å². The molecule has 1 N–H and O–H groups in total. The average molecular weight is 390 g/mol. The Morgan fingerprint density at radius 1 is 1.07 bits per heavy atom. The highest BCUT2D eigenvalue weighted by molar-refractivity contribution is 6.21. The first-order valence-electron chi connectivity index (χ1n) is 9.08. The smallest absolute Gasteiger partial charge is 0.261 e. The molecule has 146 valence electrons. The summed E-state index contributed by atoms with van der Waals surface area (Å²) < 4.78 is 5.22. The fourth-order valence-corrected chi connectivity index (χ4v) is 3.06. The van der Waals surface area contributed by atoms with Crippen molar-refractivity contribution >= 4 is 23.4 Å². The standard InChI is InChI=1S/C21H18N4O4/c1-12-3-5-13(6-4-12)19-23-18(29-24-19)10-9-17(26)22-14-7-8-15-16(11-14)21(28)25(2)20(15)27/h3-8,11H,9-10H2,1-2H3,(H,22,26). The molecule has 2 heterocycles. The number of hydrogen-bond donors (Lipinski definition) is 1. The van der Waals surface area contributed by atoms with Gasteiger partial charge in [0.1, 0.15) is 0 Å². The van der Waals surface area contributed by atoms with Crippen LogP contribution in [0.1, 0.15) is 38.6 Å². The first-order chi connectivity index (χ1) is 13.9. The van der Waals surface area contributed by atoms with Crippen molar-refractivity contribution in [2.45, 2.75) is 19.8 Å². The second kappa shape index (κ2) is 7.31. The SMILES string of the molecule is Cc1ccc(-c2noc(CCC(=O)Nc3ccc4c(c3)C(=O)N(C)C4=O)n2)cc1.